The molecule has 3 aromatic heterocycles. The van der Waals surface area contributed by atoms with Crippen molar-refractivity contribution in [1.82, 2.24) is 0 Å². The second-order valence-corrected chi connectivity index (χ2v) is 13.3. The fourth-order valence-corrected chi connectivity index (χ4v) is 8.48. The van der Waals surface area contributed by atoms with Crippen LogP contribution >= 0.6 is 0 Å². The Morgan fingerprint density at radius 1 is 0.638 bits per heavy atom. The number of aryl methyl sites for hydroxylation is 3. The van der Waals surface area contributed by atoms with Crippen LogP contribution in [0.1, 0.15) is 61.8 Å². The summed E-state index contributed by atoms with van der Waals surface area (Å²) < 4.78 is 11.6. The van der Waals surface area contributed by atoms with Gasteiger partial charge in [0, 0.05) is 46.9 Å². The Morgan fingerprint density at radius 2 is 1.38 bits per heavy atom. The van der Waals surface area contributed by atoms with E-state index >= 15 is 0 Å². The van der Waals surface area contributed by atoms with E-state index in [9.17, 15) is 0 Å². The van der Waals surface area contributed by atoms with Crippen LogP contribution in [-0.2, 0) is 19.0 Å². The number of nitrogens with zero attached hydrogens (tertiary/aromatic N) is 2. The molecule has 232 valence electrons. The van der Waals surface area contributed by atoms with Gasteiger partial charge in [-0.1, -0.05) is 87.5 Å². The average molecular weight is 615 g/mol. The number of hydrogen-bond donors (Lipinski definition) is 0. The summed E-state index contributed by atoms with van der Waals surface area (Å²) in [5.41, 5.74) is 14.7. The van der Waals surface area contributed by atoms with Crippen molar-refractivity contribution >= 4 is 21.9 Å². The molecule has 47 heavy (non-hydrogen) atoms. The Morgan fingerprint density at radius 3 is 2.15 bits per heavy atom. The van der Waals surface area contributed by atoms with E-state index in [0.717, 1.165) is 41.2 Å². The van der Waals surface area contributed by atoms with E-state index in [-0.39, 0.29) is 11.5 Å². The van der Waals surface area contributed by atoms with Crippen LogP contribution in [0, 0.1) is 6.92 Å². The third-order valence-electron chi connectivity index (χ3n) is 10.8. The summed E-state index contributed by atoms with van der Waals surface area (Å²) in [4.78, 5) is 0. The van der Waals surface area contributed by atoms with Crippen LogP contribution in [0.5, 0.6) is 0 Å². The molecular weight excluding hydrogens is 572 g/mol. The van der Waals surface area contributed by atoms with Crippen LogP contribution in [0.25, 0.3) is 55.6 Å². The van der Waals surface area contributed by atoms with E-state index in [1.54, 1.807) is 0 Å². The second-order valence-electron chi connectivity index (χ2n) is 13.3. The van der Waals surface area contributed by atoms with Gasteiger partial charge in [0.1, 0.15) is 18.2 Å². The van der Waals surface area contributed by atoms with Crippen molar-refractivity contribution in [3.05, 3.63) is 144 Å². The molecular formula is C44H42N2O+2. The zero-order chi connectivity index (χ0) is 32.3. The minimum atomic E-state index is -0.211. The molecule has 8 rings (SSSR count). The first-order valence-corrected chi connectivity index (χ1v) is 17.1. The second kappa shape index (κ2) is 11.3. The molecule has 0 radical (unpaired) electrons. The summed E-state index contributed by atoms with van der Waals surface area (Å²) in [6.07, 6.45) is 7.66. The summed E-state index contributed by atoms with van der Waals surface area (Å²) in [5, 5.41) is 2.32. The van der Waals surface area contributed by atoms with E-state index in [1.165, 1.54) is 55.9 Å². The SMILES string of the molecule is CCc1cc2[n+](cc1-c1ccccc1)C(CC)(CC)C(c1cc3oc4ccccc4c3cc1-c1ccc(C)c[n+]1C)c1ccccc1-2. The Kier molecular flexibility index (Phi) is 7.09. The quantitative estimate of drug-likeness (QED) is 0.171. The van der Waals surface area contributed by atoms with Gasteiger partial charge < -0.3 is 4.42 Å². The van der Waals surface area contributed by atoms with Crippen molar-refractivity contribution in [3.63, 3.8) is 0 Å². The molecule has 1 aliphatic rings. The van der Waals surface area contributed by atoms with Crippen LogP contribution in [0.2, 0.25) is 0 Å². The van der Waals surface area contributed by atoms with Gasteiger partial charge in [0.15, 0.2) is 17.9 Å². The lowest BCUT2D eigenvalue weighted by Gasteiger charge is -2.41. The molecule has 1 atom stereocenters. The van der Waals surface area contributed by atoms with E-state index < -0.39 is 0 Å². The topological polar surface area (TPSA) is 20.9 Å². The van der Waals surface area contributed by atoms with Crippen molar-refractivity contribution < 1.29 is 13.6 Å². The molecule has 3 nitrogen and oxygen atoms in total. The molecule has 0 spiro atoms. The van der Waals surface area contributed by atoms with Crippen molar-refractivity contribution in [1.29, 1.82) is 0 Å². The number of fused-ring (bicyclic) bond motifs is 6. The predicted octanol–water partition coefficient (Wildman–Crippen LogP) is 10.2. The molecule has 3 heteroatoms. The van der Waals surface area contributed by atoms with E-state index in [4.69, 9.17) is 4.42 Å². The number of aromatic nitrogens is 2. The van der Waals surface area contributed by atoms with Gasteiger partial charge in [-0.15, -0.1) is 0 Å². The fraction of sp³-hybridized carbons (Fsp3) is 0.227. The first-order valence-electron chi connectivity index (χ1n) is 17.1. The Labute approximate surface area is 277 Å². The number of hydrogen-bond acceptors (Lipinski definition) is 1. The van der Waals surface area contributed by atoms with Crippen LogP contribution in [0.3, 0.4) is 0 Å². The zero-order valence-corrected chi connectivity index (χ0v) is 28.0. The van der Waals surface area contributed by atoms with Gasteiger partial charge in [-0.3, -0.25) is 0 Å². The van der Waals surface area contributed by atoms with E-state index in [0.29, 0.717) is 0 Å². The zero-order valence-electron chi connectivity index (χ0n) is 28.0. The van der Waals surface area contributed by atoms with Crippen LogP contribution in [-0.4, -0.2) is 0 Å². The highest BCUT2D eigenvalue weighted by Crippen LogP contribution is 2.52. The summed E-state index contributed by atoms with van der Waals surface area (Å²) in [6.45, 7) is 9.20. The lowest BCUT2D eigenvalue weighted by atomic mass is 9.66. The van der Waals surface area contributed by atoms with Gasteiger partial charge in [-0.05, 0) is 65.9 Å². The lowest BCUT2D eigenvalue weighted by molar-refractivity contribution is -0.760. The molecule has 7 aromatic rings. The highest BCUT2D eigenvalue weighted by atomic mass is 16.3. The molecule has 0 aliphatic carbocycles. The number of pyridine rings is 2. The first kappa shape index (κ1) is 29.4. The number of rotatable bonds is 6. The van der Waals surface area contributed by atoms with E-state index in [1.807, 2.05) is 0 Å². The van der Waals surface area contributed by atoms with Crippen LogP contribution in [0.4, 0.5) is 0 Å². The lowest BCUT2D eigenvalue weighted by Crippen LogP contribution is -2.62. The number of benzene rings is 4. The minimum absolute atomic E-state index is 0.0937. The van der Waals surface area contributed by atoms with Gasteiger partial charge in [-0.25, -0.2) is 4.57 Å². The largest absolute Gasteiger partial charge is 0.456 e. The smallest absolute Gasteiger partial charge is 0.213 e. The first-order chi connectivity index (χ1) is 23.0. The average Bonchev–Trinajstić information content (AvgIpc) is 3.48. The normalized spacial score (nSPS) is 15.1. The molecule has 1 aliphatic heterocycles. The summed E-state index contributed by atoms with van der Waals surface area (Å²) >= 11 is 0. The number of furan rings is 1. The summed E-state index contributed by atoms with van der Waals surface area (Å²) in [6, 6.07) is 40.2. The van der Waals surface area contributed by atoms with Crippen molar-refractivity contribution in [3.8, 4) is 33.6 Å². The molecule has 4 heterocycles. The van der Waals surface area contributed by atoms with Crippen molar-refractivity contribution in [2.24, 2.45) is 7.05 Å². The van der Waals surface area contributed by atoms with Gasteiger partial charge in [0.2, 0.25) is 11.4 Å². The van der Waals surface area contributed by atoms with Crippen LogP contribution < -0.4 is 9.13 Å². The molecule has 0 N–H and O–H groups in total. The number of para-hydroxylation sites is 1. The van der Waals surface area contributed by atoms with Gasteiger partial charge in [0.25, 0.3) is 0 Å². The maximum absolute atomic E-state index is 6.61. The highest BCUT2D eigenvalue weighted by Gasteiger charge is 2.53. The molecule has 0 saturated carbocycles. The van der Waals surface area contributed by atoms with Crippen molar-refractivity contribution in [2.75, 3.05) is 0 Å². The van der Waals surface area contributed by atoms with Gasteiger partial charge >= 0.3 is 0 Å². The molecule has 4 aromatic carbocycles. The Hall–Kier alpha value is -5.02. The van der Waals surface area contributed by atoms with Crippen LogP contribution in [0.15, 0.2) is 126 Å². The monoisotopic (exact) mass is 614 g/mol. The third kappa shape index (κ3) is 4.47. The summed E-state index contributed by atoms with van der Waals surface area (Å²) in [7, 11) is 2.17. The maximum Gasteiger partial charge on any atom is 0.213 e. The minimum Gasteiger partial charge on any atom is -0.456 e. The molecule has 1 unspecified atom stereocenters. The molecule has 0 saturated heterocycles. The van der Waals surface area contributed by atoms with E-state index in [2.05, 4.69) is 165 Å². The summed E-state index contributed by atoms with van der Waals surface area (Å²) in [5.74, 6) is 0.0937. The fourth-order valence-electron chi connectivity index (χ4n) is 8.48. The van der Waals surface area contributed by atoms with Gasteiger partial charge in [0.05, 0.1) is 17.0 Å². The highest BCUT2D eigenvalue weighted by molar-refractivity contribution is 6.06. The van der Waals surface area contributed by atoms with Gasteiger partial charge in [-0.2, -0.15) is 4.57 Å². The predicted molar refractivity (Wildman–Crippen MR) is 192 cm³/mol. The molecule has 0 fully saturated rings. The molecule has 0 bridgehead atoms. The Bertz CT molecular complexity index is 2290. The van der Waals surface area contributed by atoms with Crippen molar-refractivity contribution in [2.45, 2.75) is 58.4 Å². The maximum atomic E-state index is 6.61. The molecule has 0 amide bonds. The Balaban J connectivity index is 1.49. The standard InChI is InChI=1S/C44H42N2O/c1-6-30-24-40-32-18-12-13-20-34(32)43(44(7-2,8-3)46(40)28-38(30)31-16-10-9-11-17-31)37-26-42-36(33-19-14-15-21-41(33)47-42)25-35(37)39-23-22-29(4)27-45(39)5/h9-28,43H,6-8H2,1-5H3/q+2. The third-order valence-corrected chi connectivity index (χ3v) is 10.8.